The number of nitrogens with one attached hydrogen (secondary N) is 1. The molecule has 5 nitrogen and oxygen atoms in total. The summed E-state index contributed by atoms with van der Waals surface area (Å²) in [5.74, 6) is 0.165. The van der Waals surface area contributed by atoms with Gasteiger partial charge in [-0.15, -0.1) is 0 Å². The lowest BCUT2D eigenvalue weighted by Crippen LogP contribution is -2.45. The number of fused-ring (bicyclic) bond motifs is 1. The van der Waals surface area contributed by atoms with E-state index in [2.05, 4.69) is 43.4 Å². The molecule has 1 aliphatic carbocycles. The van der Waals surface area contributed by atoms with Gasteiger partial charge in [0.1, 0.15) is 5.82 Å². The molecule has 6 heteroatoms. The number of carbonyl (C=O) groups excluding carboxylic acids is 1. The van der Waals surface area contributed by atoms with Crippen LogP contribution in [0, 0.1) is 18.7 Å². The predicted molar refractivity (Wildman–Crippen MR) is 150 cm³/mol. The highest BCUT2D eigenvalue weighted by atomic mass is 19.1. The van der Waals surface area contributed by atoms with Gasteiger partial charge in [-0.1, -0.05) is 30.3 Å². The summed E-state index contributed by atoms with van der Waals surface area (Å²) in [6.07, 6.45) is 4.88. The molecule has 0 saturated carbocycles. The fourth-order valence-electron chi connectivity index (χ4n) is 5.56. The highest BCUT2D eigenvalue weighted by molar-refractivity contribution is 5.69. The summed E-state index contributed by atoms with van der Waals surface area (Å²) in [6, 6.07) is 12.1. The summed E-state index contributed by atoms with van der Waals surface area (Å²) in [6.45, 7) is 10.8. The van der Waals surface area contributed by atoms with Crippen LogP contribution in [0.2, 0.25) is 0 Å². The second kappa shape index (κ2) is 14.2. The number of ether oxygens (including phenoxy) is 2. The third-order valence-electron chi connectivity index (χ3n) is 7.53. The van der Waals surface area contributed by atoms with Crippen LogP contribution in [-0.4, -0.2) is 42.5 Å². The quantitative estimate of drug-likeness (QED) is 0.219. The summed E-state index contributed by atoms with van der Waals surface area (Å²) in [4.78, 5) is 11.6. The van der Waals surface area contributed by atoms with Crippen LogP contribution >= 0.6 is 0 Å². The number of halogens is 1. The average molecular weight is 528 g/mol. The molecule has 38 heavy (non-hydrogen) atoms. The second-order valence-corrected chi connectivity index (χ2v) is 11.5. The van der Waals surface area contributed by atoms with Gasteiger partial charge in [-0.3, -0.25) is 4.79 Å². The summed E-state index contributed by atoms with van der Waals surface area (Å²) in [5, 5.41) is 14.2. The van der Waals surface area contributed by atoms with Gasteiger partial charge < -0.3 is 19.9 Å². The molecule has 0 saturated heterocycles. The second-order valence-electron chi connectivity index (χ2n) is 11.5. The van der Waals surface area contributed by atoms with E-state index in [0.717, 1.165) is 49.7 Å². The maximum Gasteiger partial charge on any atom is 0.305 e. The van der Waals surface area contributed by atoms with Crippen LogP contribution in [0.15, 0.2) is 36.4 Å². The van der Waals surface area contributed by atoms with Gasteiger partial charge in [0.25, 0.3) is 0 Å². The Kier molecular flexibility index (Phi) is 11.3. The van der Waals surface area contributed by atoms with Gasteiger partial charge in [0, 0.05) is 18.5 Å². The fourth-order valence-corrected chi connectivity index (χ4v) is 5.56. The molecular formula is C32H46FNO4. The zero-order valence-electron chi connectivity index (χ0n) is 23.8. The van der Waals surface area contributed by atoms with E-state index >= 15 is 0 Å². The molecule has 0 aliphatic heterocycles. The van der Waals surface area contributed by atoms with E-state index in [1.165, 1.54) is 11.1 Å². The lowest BCUT2D eigenvalue weighted by molar-refractivity contribution is -0.143. The third-order valence-corrected chi connectivity index (χ3v) is 7.53. The van der Waals surface area contributed by atoms with Crippen molar-refractivity contribution in [2.24, 2.45) is 5.92 Å². The van der Waals surface area contributed by atoms with Crippen LogP contribution in [0.5, 0.6) is 0 Å². The van der Waals surface area contributed by atoms with Crippen molar-refractivity contribution in [3.05, 3.63) is 70.0 Å². The molecule has 0 bridgehead atoms. The van der Waals surface area contributed by atoms with Crippen molar-refractivity contribution < 1.29 is 23.8 Å². The normalized spacial score (nSPS) is 15.3. The number of hydrogen-bond donors (Lipinski definition) is 2. The van der Waals surface area contributed by atoms with E-state index in [4.69, 9.17) is 9.47 Å². The van der Waals surface area contributed by atoms with Gasteiger partial charge >= 0.3 is 5.97 Å². The first-order valence-corrected chi connectivity index (χ1v) is 14.1. The first-order chi connectivity index (χ1) is 18.1. The van der Waals surface area contributed by atoms with Gasteiger partial charge in [0.05, 0.1) is 25.4 Å². The first-order valence-electron chi connectivity index (χ1n) is 14.1. The average Bonchev–Trinajstić information content (AvgIpc) is 3.27. The van der Waals surface area contributed by atoms with Crippen LogP contribution in [-0.2, 0) is 33.5 Å². The van der Waals surface area contributed by atoms with Crippen LogP contribution in [0.1, 0.15) is 87.3 Å². The minimum Gasteiger partial charge on any atom is -0.466 e. The van der Waals surface area contributed by atoms with Crippen molar-refractivity contribution in [2.75, 3.05) is 19.8 Å². The molecule has 2 aromatic carbocycles. The Morgan fingerprint density at radius 2 is 1.87 bits per heavy atom. The molecule has 2 N–H and O–H groups in total. The number of hydrogen-bond acceptors (Lipinski definition) is 5. The number of aryl methyl sites for hydroxylation is 2. The number of esters is 1. The topological polar surface area (TPSA) is 67.8 Å². The molecule has 0 aromatic heterocycles. The van der Waals surface area contributed by atoms with Crippen LogP contribution in [0.4, 0.5) is 4.39 Å². The van der Waals surface area contributed by atoms with E-state index in [9.17, 15) is 14.3 Å². The molecule has 0 spiro atoms. The Hall–Kier alpha value is -2.28. The molecule has 3 rings (SSSR count). The number of aliphatic hydroxyl groups excluding tert-OH is 1. The monoisotopic (exact) mass is 527 g/mol. The van der Waals surface area contributed by atoms with Crippen LogP contribution < -0.4 is 5.32 Å². The number of β-amino-alcohol motifs (C(OH)–C–C–N with tert-alkyl or cyclic N) is 1. The fraction of sp³-hybridized carbons (Fsp3) is 0.594. The zero-order chi connectivity index (χ0) is 27.7. The lowest BCUT2D eigenvalue weighted by Gasteiger charge is -2.31. The van der Waals surface area contributed by atoms with Gasteiger partial charge in [-0.05, 0) is 113 Å². The van der Waals surface area contributed by atoms with E-state index in [0.29, 0.717) is 31.1 Å². The van der Waals surface area contributed by atoms with Crippen molar-refractivity contribution in [3.63, 3.8) is 0 Å². The molecule has 0 amide bonds. The Bertz CT molecular complexity index is 1030. The Labute approximate surface area is 228 Å². The Morgan fingerprint density at radius 3 is 2.53 bits per heavy atom. The molecule has 2 atom stereocenters. The van der Waals surface area contributed by atoms with Gasteiger partial charge in [-0.2, -0.15) is 0 Å². The largest absolute Gasteiger partial charge is 0.466 e. The SMILES string of the molecule is CCOC(=O)CCCCc1cc(C)c(F)cc1[C@@H](C)OC[C@H](O)CNC(C)(C)CC1Cc2ccccc2C1. The first kappa shape index (κ1) is 30.3. The summed E-state index contributed by atoms with van der Waals surface area (Å²) in [5.41, 5.74) is 5.23. The lowest BCUT2D eigenvalue weighted by atomic mass is 9.88. The number of unbranched alkanes of at least 4 members (excludes halogenated alkanes) is 1. The molecule has 1 aliphatic rings. The van der Waals surface area contributed by atoms with Crippen LogP contribution in [0.25, 0.3) is 0 Å². The molecule has 210 valence electrons. The van der Waals surface area contributed by atoms with E-state index < -0.39 is 6.10 Å². The van der Waals surface area contributed by atoms with Crippen LogP contribution in [0.3, 0.4) is 0 Å². The third kappa shape index (κ3) is 9.18. The molecule has 0 radical (unpaired) electrons. The van der Waals surface area contributed by atoms with E-state index in [1.54, 1.807) is 19.9 Å². The number of benzene rings is 2. The smallest absolute Gasteiger partial charge is 0.305 e. The van der Waals surface area contributed by atoms with Gasteiger partial charge in [0.2, 0.25) is 0 Å². The summed E-state index contributed by atoms with van der Waals surface area (Å²) in [7, 11) is 0. The predicted octanol–water partition coefficient (Wildman–Crippen LogP) is 6.02. The highest BCUT2D eigenvalue weighted by Gasteiger charge is 2.28. The molecule has 2 aromatic rings. The maximum absolute atomic E-state index is 14.4. The molecule has 0 fully saturated rings. The summed E-state index contributed by atoms with van der Waals surface area (Å²) >= 11 is 0. The van der Waals surface area contributed by atoms with Crippen molar-refractivity contribution in [1.82, 2.24) is 5.32 Å². The van der Waals surface area contributed by atoms with Crippen molar-refractivity contribution in [3.8, 4) is 0 Å². The molecular weight excluding hydrogens is 481 g/mol. The van der Waals surface area contributed by atoms with Crippen molar-refractivity contribution in [1.29, 1.82) is 0 Å². The van der Waals surface area contributed by atoms with Crippen molar-refractivity contribution in [2.45, 2.75) is 97.3 Å². The van der Waals surface area contributed by atoms with Gasteiger partial charge in [0.15, 0.2) is 0 Å². The minimum absolute atomic E-state index is 0.101. The van der Waals surface area contributed by atoms with E-state index in [-0.39, 0.29) is 30.0 Å². The number of rotatable bonds is 15. The highest BCUT2D eigenvalue weighted by Crippen LogP contribution is 2.32. The Balaban J connectivity index is 1.46. The molecule has 0 heterocycles. The maximum atomic E-state index is 14.4. The van der Waals surface area contributed by atoms with Crippen molar-refractivity contribution >= 4 is 5.97 Å². The summed E-state index contributed by atoms with van der Waals surface area (Å²) < 4.78 is 25.4. The molecule has 0 unspecified atom stereocenters. The zero-order valence-corrected chi connectivity index (χ0v) is 23.8. The number of aliphatic hydroxyl groups is 1. The van der Waals surface area contributed by atoms with Gasteiger partial charge in [-0.25, -0.2) is 4.39 Å². The Morgan fingerprint density at radius 1 is 1.18 bits per heavy atom. The number of carbonyl (C=O) groups is 1. The standard InChI is InChI=1S/C32H46FNO4/c1-6-37-31(36)14-10-9-13-27-15-22(2)30(33)18-29(27)23(3)38-21-28(35)20-34-32(4,5)19-24-16-25-11-7-8-12-26(25)17-24/h7-8,11-12,15,18,23-24,28,34-35H,6,9-10,13-14,16-17,19-21H2,1-5H3/t23-,28-/m1/s1. The van der Waals surface area contributed by atoms with E-state index in [1.807, 2.05) is 13.0 Å². The minimum atomic E-state index is -0.666.